The minimum Gasteiger partial charge on any atom is -0.342 e. The molecule has 124 valence electrons. The van der Waals surface area contributed by atoms with Gasteiger partial charge in [0.2, 0.25) is 0 Å². The van der Waals surface area contributed by atoms with Gasteiger partial charge in [0.25, 0.3) is 5.91 Å². The van der Waals surface area contributed by atoms with Crippen molar-refractivity contribution in [2.45, 2.75) is 39.8 Å². The van der Waals surface area contributed by atoms with Gasteiger partial charge in [-0.2, -0.15) is 0 Å². The summed E-state index contributed by atoms with van der Waals surface area (Å²) in [6.45, 7) is 6.64. The number of hydrogen-bond acceptors (Lipinski definition) is 3. The van der Waals surface area contributed by atoms with Crippen molar-refractivity contribution in [3.8, 4) is 0 Å². The highest BCUT2D eigenvalue weighted by molar-refractivity contribution is 5.97. The number of carbonyl (C=O) groups excluding carboxylic acids is 1. The Labute approximate surface area is 141 Å². The highest BCUT2D eigenvalue weighted by atomic mass is 16.2. The van der Waals surface area contributed by atoms with E-state index in [0.717, 1.165) is 28.8 Å². The van der Waals surface area contributed by atoms with E-state index >= 15 is 0 Å². The van der Waals surface area contributed by atoms with Gasteiger partial charge in [0.15, 0.2) is 0 Å². The molecule has 2 heterocycles. The monoisotopic (exact) mass is 322 g/mol. The highest BCUT2D eigenvalue weighted by Crippen LogP contribution is 2.18. The van der Waals surface area contributed by atoms with Crippen LogP contribution in [-0.2, 0) is 6.54 Å². The summed E-state index contributed by atoms with van der Waals surface area (Å²) in [4.78, 5) is 26.7. The van der Waals surface area contributed by atoms with Crippen molar-refractivity contribution in [3.63, 3.8) is 0 Å². The average Bonchev–Trinajstić information content (AvgIpc) is 2.98. The van der Waals surface area contributed by atoms with Crippen LogP contribution in [-0.4, -0.2) is 31.8 Å². The Morgan fingerprint density at radius 2 is 2.17 bits per heavy atom. The Bertz CT molecular complexity index is 841. The molecule has 0 fully saturated rings. The lowest BCUT2D eigenvalue weighted by Crippen LogP contribution is -2.37. The molecule has 0 spiro atoms. The number of benzene rings is 1. The maximum absolute atomic E-state index is 13.1. The zero-order chi connectivity index (χ0) is 17.1. The van der Waals surface area contributed by atoms with Gasteiger partial charge < -0.3 is 9.88 Å². The number of aryl methyl sites for hydroxylation is 1. The molecule has 0 saturated carbocycles. The molecule has 0 saturated heterocycles. The first-order valence-electron chi connectivity index (χ1n) is 8.24. The van der Waals surface area contributed by atoms with Gasteiger partial charge in [-0.1, -0.05) is 13.0 Å². The number of aromatic nitrogens is 3. The summed E-state index contributed by atoms with van der Waals surface area (Å²) in [5.74, 6) is 0.881. The molecule has 3 aromatic rings. The third-order valence-corrected chi connectivity index (χ3v) is 4.31. The Hall–Kier alpha value is -2.69. The van der Waals surface area contributed by atoms with Gasteiger partial charge in [-0.25, -0.2) is 4.98 Å². The van der Waals surface area contributed by atoms with Gasteiger partial charge >= 0.3 is 0 Å². The van der Waals surface area contributed by atoms with Crippen LogP contribution in [0.5, 0.6) is 0 Å². The molecule has 3 rings (SSSR count). The Morgan fingerprint density at radius 3 is 2.88 bits per heavy atom. The smallest absolute Gasteiger partial charge is 0.254 e. The molecule has 2 aromatic heterocycles. The van der Waals surface area contributed by atoms with E-state index in [1.54, 1.807) is 6.20 Å². The SMILES string of the molecule is CCC(C)N(Cc1cccnc1)C(=O)c1ccc2nc(C)[nH]c2c1. The number of rotatable bonds is 5. The Kier molecular flexibility index (Phi) is 4.60. The quantitative estimate of drug-likeness (QED) is 0.779. The number of carbonyl (C=O) groups is 1. The molecule has 0 aliphatic heterocycles. The van der Waals surface area contributed by atoms with Crippen molar-refractivity contribution in [1.29, 1.82) is 0 Å². The predicted molar refractivity (Wildman–Crippen MR) is 94.7 cm³/mol. The molecule has 1 aromatic carbocycles. The van der Waals surface area contributed by atoms with Crippen LogP contribution in [0.4, 0.5) is 0 Å². The first-order chi connectivity index (χ1) is 11.6. The molecular weight excluding hydrogens is 300 g/mol. The normalized spacial score (nSPS) is 12.3. The second kappa shape index (κ2) is 6.83. The number of aromatic amines is 1. The molecular formula is C19H22N4O. The zero-order valence-corrected chi connectivity index (χ0v) is 14.3. The molecule has 0 bridgehead atoms. The Balaban J connectivity index is 1.91. The number of nitrogens with one attached hydrogen (secondary N) is 1. The van der Waals surface area contributed by atoms with Gasteiger partial charge in [0.1, 0.15) is 5.82 Å². The van der Waals surface area contributed by atoms with Crippen LogP contribution >= 0.6 is 0 Å². The Morgan fingerprint density at radius 1 is 1.33 bits per heavy atom. The second-order valence-electron chi connectivity index (χ2n) is 6.11. The molecule has 1 unspecified atom stereocenters. The third-order valence-electron chi connectivity index (χ3n) is 4.31. The maximum Gasteiger partial charge on any atom is 0.254 e. The van der Waals surface area contributed by atoms with Crippen LogP contribution in [0.1, 0.15) is 42.0 Å². The molecule has 1 amide bonds. The minimum absolute atomic E-state index is 0.0300. The van der Waals surface area contributed by atoms with Gasteiger partial charge in [0, 0.05) is 30.5 Å². The van der Waals surface area contributed by atoms with Crippen LogP contribution in [0.25, 0.3) is 11.0 Å². The molecule has 1 atom stereocenters. The van der Waals surface area contributed by atoms with Crippen molar-refractivity contribution in [1.82, 2.24) is 19.9 Å². The fourth-order valence-electron chi connectivity index (χ4n) is 2.77. The number of nitrogens with zero attached hydrogens (tertiary/aromatic N) is 3. The highest BCUT2D eigenvalue weighted by Gasteiger charge is 2.21. The van der Waals surface area contributed by atoms with Gasteiger partial charge in [-0.3, -0.25) is 9.78 Å². The van der Waals surface area contributed by atoms with Gasteiger partial charge in [-0.15, -0.1) is 0 Å². The van der Waals surface area contributed by atoms with Crippen molar-refractivity contribution in [2.75, 3.05) is 0 Å². The summed E-state index contributed by atoms with van der Waals surface area (Å²) in [6.07, 6.45) is 4.45. The first kappa shape index (κ1) is 16.2. The van der Waals surface area contributed by atoms with E-state index in [1.165, 1.54) is 0 Å². The predicted octanol–water partition coefficient (Wildman–Crippen LogP) is 3.71. The van der Waals surface area contributed by atoms with Crippen molar-refractivity contribution in [2.24, 2.45) is 0 Å². The van der Waals surface area contributed by atoms with Crippen LogP contribution in [0.2, 0.25) is 0 Å². The number of amides is 1. The summed E-state index contributed by atoms with van der Waals surface area (Å²) in [6, 6.07) is 9.67. The van der Waals surface area contributed by atoms with E-state index in [4.69, 9.17) is 0 Å². The second-order valence-corrected chi connectivity index (χ2v) is 6.11. The molecule has 24 heavy (non-hydrogen) atoms. The summed E-state index contributed by atoms with van der Waals surface area (Å²) >= 11 is 0. The van der Waals surface area contributed by atoms with E-state index < -0.39 is 0 Å². The molecule has 1 N–H and O–H groups in total. The summed E-state index contributed by atoms with van der Waals surface area (Å²) < 4.78 is 0. The standard InChI is InChI=1S/C19H22N4O/c1-4-13(2)23(12-15-6-5-9-20-11-15)19(24)16-7-8-17-18(10-16)22-14(3)21-17/h5-11,13H,4,12H2,1-3H3,(H,21,22). The van der Waals surface area contributed by atoms with Gasteiger partial charge in [-0.05, 0) is 50.1 Å². The fraction of sp³-hybridized carbons (Fsp3) is 0.316. The van der Waals surface area contributed by atoms with E-state index in [9.17, 15) is 4.79 Å². The van der Waals surface area contributed by atoms with E-state index in [1.807, 2.05) is 48.4 Å². The van der Waals surface area contributed by atoms with Crippen LogP contribution < -0.4 is 0 Å². The van der Waals surface area contributed by atoms with Crippen molar-refractivity contribution >= 4 is 16.9 Å². The minimum atomic E-state index is 0.0300. The third kappa shape index (κ3) is 3.30. The topological polar surface area (TPSA) is 61.9 Å². The van der Waals surface area contributed by atoms with Crippen LogP contribution in [0, 0.1) is 6.92 Å². The van der Waals surface area contributed by atoms with Gasteiger partial charge in [0.05, 0.1) is 11.0 Å². The molecule has 0 aliphatic carbocycles. The number of fused-ring (bicyclic) bond motifs is 1. The fourth-order valence-corrected chi connectivity index (χ4v) is 2.77. The maximum atomic E-state index is 13.1. The van der Waals surface area contributed by atoms with Crippen molar-refractivity contribution in [3.05, 3.63) is 59.7 Å². The van der Waals surface area contributed by atoms with E-state index in [0.29, 0.717) is 12.1 Å². The lowest BCUT2D eigenvalue weighted by Gasteiger charge is -2.28. The number of hydrogen-bond donors (Lipinski definition) is 1. The first-order valence-corrected chi connectivity index (χ1v) is 8.24. The van der Waals surface area contributed by atoms with Crippen LogP contribution in [0.3, 0.4) is 0 Å². The molecule has 5 heteroatoms. The average molecular weight is 322 g/mol. The van der Waals surface area contributed by atoms with E-state index in [-0.39, 0.29) is 11.9 Å². The molecule has 5 nitrogen and oxygen atoms in total. The van der Waals surface area contributed by atoms with E-state index in [2.05, 4.69) is 28.8 Å². The molecule has 0 aliphatic rings. The molecule has 0 radical (unpaired) electrons. The summed E-state index contributed by atoms with van der Waals surface area (Å²) in [5, 5.41) is 0. The largest absolute Gasteiger partial charge is 0.342 e. The summed E-state index contributed by atoms with van der Waals surface area (Å²) in [5.41, 5.74) is 3.48. The lowest BCUT2D eigenvalue weighted by atomic mass is 10.1. The lowest BCUT2D eigenvalue weighted by molar-refractivity contribution is 0.0671. The number of H-pyrrole nitrogens is 1. The van der Waals surface area contributed by atoms with Crippen LogP contribution in [0.15, 0.2) is 42.7 Å². The number of imidazole rings is 1. The van der Waals surface area contributed by atoms with Crippen molar-refractivity contribution < 1.29 is 4.79 Å². The zero-order valence-electron chi connectivity index (χ0n) is 14.3. The summed E-state index contributed by atoms with van der Waals surface area (Å²) in [7, 11) is 0. The number of pyridine rings is 1.